The number of ether oxygens (including phenoxy) is 2. The van der Waals surface area contributed by atoms with E-state index in [2.05, 4.69) is 5.32 Å². The lowest BCUT2D eigenvalue weighted by atomic mass is 10.1. The van der Waals surface area contributed by atoms with Crippen LogP contribution >= 0.6 is 0 Å². The Morgan fingerprint density at radius 2 is 2.00 bits per heavy atom. The molecule has 7 heteroatoms. The van der Waals surface area contributed by atoms with Crippen LogP contribution in [0.2, 0.25) is 0 Å². The van der Waals surface area contributed by atoms with Crippen molar-refractivity contribution in [2.45, 2.75) is 19.0 Å². The second kappa shape index (κ2) is 7.34. The van der Waals surface area contributed by atoms with Crippen LogP contribution in [-0.4, -0.2) is 32.1 Å². The topological polar surface area (TPSA) is 117 Å². The van der Waals surface area contributed by atoms with E-state index in [1.165, 1.54) is 7.11 Å². The zero-order valence-electron chi connectivity index (χ0n) is 11.5. The molecule has 20 heavy (non-hydrogen) atoms. The minimum absolute atomic E-state index is 0.193. The molecule has 110 valence electrons. The van der Waals surface area contributed by atoms with Gasteiger partial charge in [0, 0.05) is 12.1 Å². The van der Waals surface area contributed by atoms with Crippen molar-refractivity contribution in [3.63, 3.8) is 0 Å². The van der Waals surface area contributed by atoms with Crippen molar-refractivity contribution in [2.75, 3.05) is 14.2 Å². The number of benzene rings is 1. The summed E-state index contributed by atoms with van der Waals surface area (Å²) in [5, 5.41) is 2.62. The quantitative estimate of drug-likeness (QED) is 0.624. The van der Waals surface area contributed by atoms with Gasteiger partial charge >= 0.3 is 0 Å². The highest BCUT2D eigenvalue weighted by atomic mass is 16.5. The van der Waals surface area contributed by atoms with Crippen molar-refractivity contribution < 1.29 is 19.1 Å². The number of hydrogen-bond acceptors (Lipinski definition) is 5. The monoisotopic (exact) mass is 281 g/mol. The Morgan fingerprint density at radius 3 is 2.55 bits per heavy atom. The Kier molecular flexibility index (Phi) is 5.79. The second-order valence-corrected chi connectivity index (χ2v) is 4.17. The molecule has 0 aliphatic rings. The van der Waals surface area contributed by atoms with Crippen LogP contribution < -0.4 is 26.3 Å². The van der Waals surface area contributed by atoms with Crippen LogP contribution in [0.15, 0.2) is 18.2 Å². The smallest absolute Gasteiger partial charge is 0.237 e. The van der Waals surface area contributed by atoms with E-state index in [0.717, 1.165) is 5.56 Å². The van der Waals surface area contributed by atoms with E-state index in [-0.39, 0.29) is 13.0 Å². The number of rotatable bonds is 7. The van der Waals surface area contributed by atoms with Crippen LogP contribution in [0, 0.1) is 0 Å². The molecule has 0 saturated carbocycles. The summed E-state index contributed by atoms with van der Waals surface area (Å²) in [5.74, 6) is 0.200. The average Bonchev–Trinajstić information content (AvgIpc) is 2.43. The van der Waals surface area contributed by atoms with Crippen LogP contribution in [0.4, 0.5) is 0 Å². The number of nitrogens with one attached hydrogen (secondary N) is 1. The normalized spacial score (nSPS) is 11.6. The summed E-state index contributed by atoms with van der Waals surface area (Å²) < 4.78 is 10.3. The lowest BCUT2D eigenvalue weighted by molar-refractivity contribution is -0.126. The lowest BCUT2D eigenvalue weighted by Crippen LogP contribution is -2.42. The largest absolute Gasteiger partial charge is 0.497 e. The van der Waals surface area contributed by atoms with Crippen molar-refractivity contribution in [1.82, 2.24) is 5.32 Å². The Hall–Kier alpha value is -2.28. The number of carbonyl (C=O) groups is 2. The SMILES string of the molecule is COc1ccc(OC)c(CNC(=O)C(N)CC(N)=O)c1. The van der Waals surface area contributed by atoms with Gasteiger partial charge in [0.25, 0.3) is 0 Å². The van der Waals surface area contributed by atoms with E-state index >= 15 is 0 Å². The van der Waals surface area contributed by atoms with Crippen LogP contribution in [0.25, 0.3) is 0 Å². The third-order valence-electron chi connectivity index (χ3n) is 2.70. The fraction of sp³-hybridized carbons (Fsp3) is 0.385. The summed E-state index contributed by atoms with van der Waals surface area (Å²) in [7, 11) is 3.08. The molecule has 5 N–H and O–H groups in total. The Morgan fingerprint density at radius 1 is 1.30 bits per heavy atom. The summed E-state index contributed by atoms with van der Waals surface area (Å²) in [5.41, 5.74) is 11.3. The first-order valence-corrected chi connectivity index (χ1v) is 6.00. The summed E-state index contributed by atoms with van der Waals surface area (Å²) in [6.07, 6.45) is -0.193. The molecule has 1 atom stereocenters. The van der Waals surface area contributed by atoms with Gasteiger partial charge in [-0.3, -0.25) is 9.59 Å². The molecule has 1 aromatic carbocycles. The van der Waals surface area contributed by atoms with Crippen LogP contribution in [-0.2, 0) is 16.1 Å². The van der Waals surface area contributed by atoms with Gasteiger partial charge in [-0.25, -0.2) is 0 Å². The molecule has 2 amide bonds. The first-order chi connectivity index (χ1) is 9.47. The second-order valence-electron chi connectivity index (χ2n) is 4.17. The number of amides is 2. The van der Waals surface area contributed by atoms with Gasteiger partial charge in [0.05, 0.1) is 26.7 Å². The van der Waals surface area contributed by atoms with Gasteiger partial charge < -0.3 is 26.3 Å². The third kappa shape index (κ3) is 4.43. The molecule has 0 heterocycles. The van der Waals surface area contributed by atoms with Crippen molar-refractivity contribution >= 4 is 11.8 Å². The minimum atomic E-state index is -0.955. The Balaban J connectivity index is 2.68. The lowest BCUT2D eigenvalue weighted by Gasteiger charge is -2.13. The van der Waals surface area contributed by atoms with E-state index in [9.17, 15) is 9.59 Å². The van der Waals surface area contributed by atoms with Crippen LogP contribution in [0.5, 0.6) is 11.5 Å². The highest BCUT2D eigenvalue weighted by Crippen LogP contribution is 2.23. The molecule has 0 saturated heterocycles. The van der Waals surface area contributed by atoms with Gasteiger partial charge in [0.15, 0.2) is 0 Å². The summed E-state index contributed by atoms with van der Waals surface area (Å²) >= 11 is 0. The maximum atomic E-state index is 11.7. The molecule has 0 fully saturated rings. The summed E-state index contributed by atoms with van der Waals surface area (Å²) in [4.78, 5) is 22.4. The van der Waals surface area contributed by atoms with Crippen molar-refractivity contribution in [2.24, 2.45) is 11.5 Å². The standard InChI is InChI=1S/C13H19N3O4/c1-19-9-3-4-11(20-2)8(5-9)7-16-13(18)10(14)6-12(15)17/h3-5,10H,6-7,14H2,1-2H3,(H2,15,17)(H,16,18). The van der Waals surface area contributed by atoms with E-state index in [0.29, 0.717) is 11.5 Å². The van der Waals surface area contributed by atoms with Crippen molar-refractivity contribution in [1.29, 1.82) is 0 Å². The van der Waals surface area contributed by atoms with Crippen molar-refractivity contribution in [3.8, 4) is 11.5 Å². The maximum absolute atomic E-state index is 11.7. The van der Waals surface area contributed by atoms with Gasteiger partial charge in [0.1, 0.15) is 11.5 Å². The molecular weight excluding hydrogens is 262 g/mol. The molecule has 0 spiro atoms. The zero-order chi connectivity index (χ0) is 15.1. The fourth-order valence-electron chi connectivity index (χ4n) is 1.64. The van der Waals surface area contributed by atoms with Gasteiger partial charge in [-0.15, -0.1) is 0 Å². The molecule has 0 bridgehead atoms. The van der Waals surface area contributed by atoms with E-state index in [4.69, 9.17) is 20.9 Å². The predicted octanol–water partition coefficient (Wildman–Crippen LogP) is -0.477. The van der Waals surface area contributed by atoms with E-state index < -0.39 is 17.9 Å². The zero-order valence-corrected chi connectivity index (χ0v) is 11.5. The first kappa shape index (κ1) is 15.8. The summed E-state index contributed by atoms with van der Waals surface area (Å²) in [6.45, 7) is 0.214. The van der Waals surface area contributed by atoms with E-state index in [1.54, 1.807) is 25.3 Å². The molecule has 1 aromatic rings. The van der Waals surface area contributed by atoms with Gasteiger partial charge in [0.2, 0.25) is 11.8 Å². The third-order valence-corrected chi connectivity index (χ3v) is 2.70. The number of primary amides is 1. The van der Waals surface area contributed by atoms with Gasteiger partial charge in [-0.1, -0.05) is 0 Å². The number of hydrogen-bond donors (Lipinski definition) is 3. The molecule has 0 aliphatic heterocycles. The molecule has 0 aliphatic carbocycles. The van der Waals surface area contributed by atoms with Crippen LogP contribution in [0.1, 0.15) is 12.0 Å². The van der Waals surface area contributed by atoms with Gasteiger partial charge in [-0.2, -0.15) is 0 Å². The predicted molar refractivity (Wildman–Crippen MR) is 73.2 cm³/mol. The van der Waals surface area contributed by atoms with Crippen molar-refractivity contribution in [3.05, 3.63) is 23.8 Å². The Labute approximate surface area is 117 Å². The fourth-order valence-corrected chi connectivity index (χ4v) is 1.64. The molecule has 7 nitrogen and oxygen atoms in total. The average molecular weight is 281 g/mol. The highest BCUT2D eigenvalue weighted by Gasteiger charge is 2.16. The molecule has 0 radical (unpaired) electrons. The van der Waals surface area contributed by atoms with E-state index in [1.807, 2.05) is 0 Å². The molecule has 1 rings (SSSR count). The number of methoxy groups -OCH3 is 2. The number of nitrogens with two attached hydrogens (primary N) is 2. The van der Waals surface area contributed by atoms with Crippen LogP contribution in [0.3, 0.4) is 0 Å². The minimum Gasteiger partial charge on any atom is -0.497 e. The first-order valence-electron chi connectivity index (χ1n) is 6.00. The maximum Gasteiger partial charge on any atom is 0.237 e. The Bertz CT molecular complexity index is 491. The van der Waals surface area contributed by atoms with Gasteiger partial charge in [-0.05, 0) is 18.2 Å². The number of carbonyl (C=O) groups excluding carboxylic acids is 2. The molecule has 0 aromatic heterocycles. The summed E-state index contributed by atoms with van der Waals surface area (Å²) in [6, 6.07) is 4.29. The highest BCUT2D eigenvalue weighted by molar-refractivity contribution is 5.87. The molecule has 1 unspecified atom stereocenters. The molecular formula is C13H19N3O4.